The number of nitrogens with zero attached hydrogens (tertiary/aromatic N) is 3. The number of hydrogen-bond donors (Lipinski definition) is 1. The third kappa shape index (κ3) is 3.89. The van der Waals surface area contributed by atoms with Crippen LogP contribution in [0.25, 0.3) is 0 Å². The fourth-order valence-electron chi connectivity index (χ4n) is 2.71. The maximum Gasteiger partial charge on any atom is 0.235 e. The summed E-state index contributed by atoms with van der Waals surface area (Å²) in [6, 6.07) is 6.15. The number of amides is 1. The normalized spacial score (nSPS) is 15.5. The Morgan fingerprint density at radius 2 is 2.04 bits per heavy atom. The van der Waals surface area contributed by atoms with Gasteiger partial charge in [0.05, 0.1) is 5.25 Å². The summed E-state index contributed by atoms with van der Waals surface area (Å²) in [5.41, 5.74) is 3.49. The van der Waals surface area contributed by atoms with E-state index in [0.717, 1.165) is 41.1 Å². The molecule has 0 aliphatic carbocycles. The van der Waals surface area contributed by atoms with Crippen molar-refractivity contribution < 1.29 is 4.79 Å². The van der Waals surface area contributed by atoms with Crippen molar-refractivity contribution in [3.05, 3.63) is 29.3 Å². The first-order valence-electron chi connectivity index (χ1n) is 8.17. The van der Waals surface area contributed by atoms with Gasteiger partial charge in [-0.3, -0.25) is 4.79 Å². The van der Waals surface area contributed by atoms with Crippen LogP contribution in [0.3, 0.4) is 0 Å². The van der Waals surface area contributed by atoms with Crippen LogP contribution in [0.1, 0.15) is 30.9 Å². The van der Waals surface area contributed by atoms with Gasteiger partial charge in [0, 0.05) is 18.8 Å². The van der Waals surface area contributed by atoms with Crippen molar-refractivity contribution in [2.24, 2.45) is 0 Å². The quantitative estimate of drug-likeness (QED) is 0.815. The molecule has 1 aromatic heterocycles. The van der Waals surface area contributed by atoms with Gasteiger partial charge in [-0.05, 0) is 50.8 Å². The Labute approximate surface area is 150 Å². The van der Waals surface area contributed by atoms with Gasteiger partial charge in [0.1, 0.15) is 0 Å². The molecule has 2 aromatic rings. The van der Waals surface area contributed by atoms with Gasteiger partial charge in [-0.25, -0.2) is 0 Å². The van der Waals surface area contributed by atoms with E-state index in [1.165, 1.54) is 34.2 Å². The molecule has 7 heteroatoms. The molecule has 1 atom stereocenters. The van der Waals surface area contributed by atoms with Crippen LogP contribution in [-0.2, 0) is 4.79 Å². The minimum atomic E-state index is -0.121. The molecule has 1 fully saturated rings. The lowest BCUT2D eigenvalue weighted by Crippen LogP contribution is -2.33. The second-order valence-electron chi connectivity index (χ2n) is 6.04. The van der Waals surface area contributed by atoms with Gasteiger partial charge in [-0.15, -0.1) is 10.2 Å². The predicted octanol–water partition coefficient (Wildman–Crippen LogP) is 4.00. The third-order valence-electron chi connectivity index (χ3n) is 4.30. The first kappa shape index (κ1) is 17.2. The van der Waals surface area contributed by atoms with Crippen molar-refractivity contribution in [2.45, 2.75) is 43.2 Å². The highest BCUT2D eigenvalue weighted by atomic mass is 32.2. The number of hydrogen-bond acceptors (Lipinski definition) is 6. The molecule has 1 saturated heterocycles. The van der Waals surface area contributed by atoms with E-state index in [2.05, 4.69) is 35.4 Å². The lowest BCUT2D eigenvalue weighted by Gasteiger charge is -2.18. The molecule has 5 nitrogen and oxygen atoms in total. The van der Waals surface area contributed by atoms with E-state index >= 15 is 0 Å². The summed E-state index contributed by atoms with van der Waals surface area (Å²) in [6.07, 6.45) is 2.23. The van der Waals surface area contributed by atoms with Crippen molar-refractivity contribution in [3.8, 4) is 0 Å². The second kappa shape index (κ2) is 7.53. The Hall–Kier alpha value is -1.60. The maximum absolute atomic E-state index is 12.4. The van der Waals surface area contributed by atoms with Gasteiger partial charge in [-0.1, -0.05) is 35.2 Å². The Morgan fingerprint density at radius 3 is 2.79 bits per heavy atom. The zero-order chi connectivity index (χ0) is 17.1. The van der Waals surface area contributed by atoms with Crippen LogP contribution in [0, 0.1) is 13.8 Å². The number of aryl methyl sites for hydroxylation is 1. The summed E-state index contributed by atoms with van der Waals surface area (Å²) < 4.78 is 0.822. The largest absolute Gasteiger partial charge is 0.342 e. The Kier molecular flexibility index (Phi) is 5.40. The second-order valence-corrected chi connectivity index (χ2v) is 8.60. The highest BCUT2D eigenvalue weighted by Gasteiger charge is 2.25. The molecule has 2 heterocycles. The topological polar surface area (TPSA) is 58.1 Å². The third-order valence-corrected chi connectivity index (χ3v) is 6.31. The molecule has 1 aliphatic heterocycles. The molecule has 0 spiro atoms. The molecular weight excluding hydrogens is 340 g/mol. The molecular formula is C17H22N4OS2. The summed E-state index contributed by atoms with van der Waals surface area (Å²) in [6.45, 7) is 7.90. The van der Waals surface area contributed by atoms with Crippen LogP contribution in [0.4, 0.5) is 10.8 Å². The zero-order valence-electron chi connectivity index (χ0n) is 14.2. The van der Waals surface area contributed by atoms with Gasteiger partial charge in [-0.2, -0.15) is 0 Å². The number of rotatable bonds is 5. The van der Waals surface area contributed by atoms with E-state index in [4.69, 9.17) is 0 Å². The minimum Gasteiger partial charge on any atom is -0.342 e. The highest BCUT2D eigenvalue weighted by Crippen LogP contribution is 2.32. The van der Waals surface area contributed by atoms with Crippen LogP contribution in [0.15, 0.2) is 22.5 Å². The van der Waals surface area contributed by atoms with Gasteiger partial charge in [0.25, 0.3) is 0 Å². The number of nitrogens with one attached hydrogen (secondary N) is 1. The number of benzene rings is 1. The molecule has 1 aromatic carbocycles. The Morgan fingerprint density at radius 1 is 1.29 bits per heavy atom. The lowest BCUT2D eigenvalue weighted by atomic mass is 10.1. The fraction of sp³-hybridized carbons (Fsp3) is 0.471. The van der Waals surface area contributed by atoms with Crippen LogP contribution < -0.4 is 5.32 Å². The molecule has 0 bridgehead atoms. The molecule has 0 radical (unpaired) electrons. The Balaban J connectivity index is 1.63. The number of thioether (sulfide) groups is 1. The molecule has 0 unspecified atom stereocenters. The summed E-state index contributed by atoms with van der Waals surface area (Å²) >= 11 is 2.98. The number of aromatic nitrogens is 2. The highest BCUT2D eigenvalue weighted by molar-refractivity contribution is 8.02. The number of carbonyl (C=O) groups is 1. The summed E-state index contributed by atoms with van der Waals surface area (Å²) in [5, 5.41) is 12.4. The van der Waals surface area contributed by atoms with E-state index in [0.29, 0.717) is 0 Å². The molecule has 1 amide bonds. The van der Waals surface area contributed by atoms with E-state index in [-0.39, 0.29) is 11.2 Å². The lowest BCUT2D eigenvalue weighted by molar-refractivity contribution is -0.129. The van der Waals surface area contributed by atoms with Crippen LogP contribution in [0.2, 0.25) is 0 Å². The average Bonchev–Trinajstić information content (AvgIpc) is 3.23. The standard InChI is InChI=1S/C17H22N4OS2/c1-11-7-6-8-14(12(11)2)18-16-19-20-17(24-16)23-13(3)15(22)21-9-4-5-10-21/h6-8,13H,4-5,9-10H2,1-3H3,(H,18,19)/t13-/m0/s1. The van der Waals surface area contributed by atoms with Gasteiger partial charge in [0.15, 0.2) is 4.34 Å². The van der Waals surface area contributed by atoms with Crippen molar-refractivity contribution in [3.63, 3.8) is 0 Å². The van der Waals surface area contributed by atoms with Crippen LogP contribution >= 0.6 is 23.1 Å². The SMILES string of the molecule is Cc1cccc(Nc2nnc(S[C@@H](C)C(=O)N3CCCC3)s2)c1C. The summed E-state index contributed by atoms with van der Waals surface area (Å²) in [4.78, 5) is 14.3. The molecule has 128 valence electrons. The van der Waals surface area contributed by atoms with Gasteiger partial charge < -0.3 is 10.2 Å². The van der Waals surface area contributed by atoms with E-state index < -0.39 is 0 Å². The number of carbonyl (C=O) groups excluding carboxylic acids is 1. The van der Waals surface area contributed by atoms with E-state index in [1.807, 2.05) is 24.0 Å². The van der Waals surface area contributed by atoms with Crippen LogP contribution in [-0.4, -0.2) is 39.3 Å². The van der Waals surface area contributed by atoms with Crippen molar-refractivity contribution in [1.29, 1.82) is 0 Å². The maximum atomic E-state index is 12.4. The smallest absolute Gasteiger partial charge is 0.235 e. The predicted molar refractivity (Wildman–Crippen MR) is 100 cm³/mol. The van der Waals surface area contributed by atoms with Gasteiger partial charge >= 0.3 is 0 Å². The number of likely N-dealkylation sites (tertiary alicyclic amines) is 1. The Bertz CT molecular complexity index is 725. The first-order valence-corrected chi connectivity index (χ1v) is 9.86. The van der Waals surface area contributed by atoms with Gasteiger partial charge in [0.2, 0.25) is 11.0 Å². The molecule has 0 saturated carbocycles. The number of anilines is 2. The van der Waals surface area contributed by atoms with Crippen molar-refractivity contribution >= 4 is 39.8 Å². The van der Waals surface area contributed by atoms with E-state index in [9.17, 15) is 4.79 Å². The molecule has 1 aliphatic rings. The molecule has 1 N–H and O–H groups in total. The summed E-state index contributed by atoms with van der Waals surface area (Å²) in [7, 11) is 0. The fourth-order valence-corrected chi connectivity index (χ4v) is 4.70. The monoisotopic (exact) mass is 362 g/mol. The summed E-state index contributed by atoms with van der Waals surface area (Å²) in [5.74, 6) is 0.205. The average molecular weight is 363 g/mol. The van der Waals surface area contributed by atoms with Crippen molar-refractivity contribution in [1.82, 2.24) is 15.1 Å². The zero-order valence-corrected chi connectivity index (χ0v) is 15.8. The molecule has 24 heavy (non-hydrogen) atoms. The first-order chi connectivity index (χ1) is 11.5. The van der Waals surface area contributed by atoms with E-state index in [1.54, 1.807) is 0 Å². The molecule has 3 rings (SSSR count). The van der Waals surface area contributed by atoms with Crippen molar-refractivity contribution in [2.75, 3.05) is 18.4 Å². The minimum absolute atomic E-state index is 0.121. The van der Waals surface area contributed by atoms with Crippen LogP contribution in [0.5, 0.6) is 0 Å².